The summed E-state index contributed by atoms with van der Waals surface area (Å²) in [7, 11) is 0. The summed E-state index contributed by atoms with van der Waals surface area (Å²) in [6, 6.07) is 9.44. The van der Waals surface area contributed by atoms with Gasteiger partial charge in [-0.1, -0.05) is 36.9 Å². The molecule has 0 radical (unpaired) electrons. The summed E-state index contributed by atoms with van der Waals surface area (Å²) in [6.45, 7) is 3.59. The number of aromatic nitrogens is 2. The van der Waals surface area contributed by atoms with Crippen LogP contribution in [0, 0.1) is 6.92 Å². The van der Waals surface area contributed by atoms with Gasteiger partial charge in [-0.2, -0.15) is 0 Å². The number of aromatic amines is 1. The molecule has 7 nitrogen and oxygen atoms in total. The van der Waals surface area contributed by atoms with E-state index in [0.717, 1.165) is 4.90 Å². The molecule has 0 spiro atoms. The van der Waals surface area contributed by atoms with E-state index < -0.39 is 11.2 Å². The van der Waals surface area contributed by atoms with E-state index in [1.165, 1.54) is 16.3 Å². The van der Waals surface area contributed by atoms with E-state index in [-0.39, 0.29) is 25.9 Å². The molecule has 0 amide bonds. The highest BCUT2D eigenvalue weighted by Gasteiger charge is 2.13. The van der Waals surface area contributed by atoms with Crippen molar-refractivity contribution in [2.24, 2.45) is 0 Å². The molecule has 0 aliphatic rings. The maximum atomic E-state index is 12.2. The maximum Gasteiger partial charge on any atom is 0.331 e. The summed E-state index contributed by atoms with van der Waals surface area (Å²) in [4.78, 5) is 38.3. The number of esters is 1. The predicted molar refractivity (Wildman–Crippen MR) is 93.8 cm³/mol. The van der Waals surface area contributed by atoms with Gasteiger partial charge in [-0.15, -0.1) is 0 Å². The fourth-order valence-electron chi connectivity index (χ4n) is 1.97. The van der Waals surface area contributed by atoms with E-state index in [9.17, 15) is 14.4 Å². The number of hydrogen-bond acceptors (Lipinski definition) is 6. The first-order valence-electron chi connectivity index (χ1n) is 7.83. The van der Waals surface area contributed by atoms with Gasteiger partial charge >= 0.3 is 11.7 Å². The maximum absolute atomic E-state index is 12.2. The fourth-order valence-corrected chi connectivity index (χ4v) is 2.98. The van der Waals surface area contributed by atoms with Crippen molar-refractivity contribution in [2.45, 2.75) is 36.9 Å². The van der Waals surface area contributed by atoms with Crippen molar-refractivity contribution in [3.63, 3.8) is 0 Å². The van der Waals surface area contributed by atoms with Gasteiger partial charge in [0.25, 0.3) is 5.56 Å². The number of ether oxygens (including phenoxy) is 2. The number of carbonyl (C=O) groups is 1. The van der Waals surface area contributed by atoms with E-state index in [0.29, 0.717) is 17.0 Å². The number of rotatable bonds is 8. The van der Waals surface area contributed by atoms with Crippen LogP contribution in [-0.2, 0) is 21.0 Å². The zero-order valence-electron chi connectivity index (χ0n) is 14.1. The van der Waals surface area contributed by atoms with Crippen LogP contribution in [0.1, 0.15) is 18.9 Å². The van der Waals surface area contributed by atoms with E-state index in [1.807, 2.05) is 30.3 Å². The molecule has 1 heterocycles. The molecule has 0 aliphatic carbocycles. The summed E-state index contributed by atoms with van der Waals surface area (Å²) in [5.74, 6) is -0.305. The average molecular weight is 364 g/mol. The van der Waals surface area contributed by atoms with Gasteiger partial charge in [0.1, 0.15) is 13.3 Å². The molecule has 0 atom stereocenters. The number of H-pyrrole nitrogens is 1. The Morgan fingerprint density at radius 2 is 1.92 bits per heavy atom. The Morgan fingerprint density at radius 3 is 2.60 bits per heavy atom. The Labute approximate surface area is 149 Å². The number of nitrogens with one attached hydrogen (secondary N) is 1. The smallest absolute Gasteiger partial charge is 0.331 e. The lowest BCUT2D eigenvalue weighted by Gasteiger charge is -2.14. The van der Waals surface area contributed by atoms with Crippen molar-refractivity contribution in [3.05, 3.63) is 56.7 Å². The van der Waals surface area contributed by atoms with E-state index in [4.69, 9.17) is 9.47 Å². The highest BCUT2D eigenvalue weighted by molar-refractivity contribution is 7.99. The molecule has 2 aromatic rings. The zero-order chi connectivity index (χ0) is 18.2. The van der Waals surface area contributed by atoms with Crippen LogP contribution in [0.5, 0.6) is 0 Å². The Hall–Kier alpha value is -2.32. The van der Waals surface area contributed by atoms with Crippen molar-refractivity contribution >= 4 is 17.7 Å². The molecule has 1 aromatic carbocycles. The lowest BCUT2D eigenvalue weighted by Crippen LogP contribution is -2.33. The van der Waals surface area contributed by atoms with Gasteiger partial charge < -0.3 is 9.47 Å². The number of hydrogen-bond donors (Lipinski definition) is 1. The van der Waals surface area contributed by atoms with Gasteiger partial charge in [-0.3, -0.25) is 19.1 Å². The third-order valence-electron chi connectivity index (χ3n) is 3.33. The molecule has 134 valence electrons. The highest BCUT2D eigenvalue weighted by atomic mass is 32.2. The van der Waals surface area contributed by atoms with Gasteiger partial charge in [0.05, 0.1) is 11.6 Å². The first-order valence-corrected chi connectivity index (χ1v) is 8.64. The molecule has 0 fully saturated rings. The highest BCUT2D eigenvalue weighted by Crippen LogP contribution is 2.27. The third-order valence-corrected chi connectivity index (χ3v) is 4.56. The monoisotopic (exact) mass is 364 g/mol. The molecule has 0 bridgehead atoms. The molecule has 0 aliphatic heterocycles. The molecule has 0 saturated carbocycles. The van der Waals surface area contributed by atoms with Crippen LogP contribution in [0.25, 0.3) is 0 Å². The van der Waals surface area contributed by atoms with Crippen molar-refractivity contribution in [1.29, 1.82) is 0 Å². The molecule has 8 heteroatoms. The SMILES string of the molecule is CCC(=O)OCCOCn1c(Sc2ccccc2)c(C)c(=O)[nH]c1=O. The Balaban J connectivity index is 2.13. The Bertz CT molecular complexity index is 829. The number of benzene rings is 1. The molecule has 0 saturated heterocycles. The topological polar surface area (TPSA) is 90.4 Å². The minimum atomic E-state index is -0.542. The van der Waals surface area contributed by atoms with Crippen LogP contribution < -0.4 is 11.2 Å². The van der Waals surface area contributed by atoms with Gasteiger partial charge in [-0.25, -0.2) is 4.79 Å². The largest absolute Gasteiger partial charge is 0.463 e. The molecule has 0 unspecified atom stereocenters. The second kappa shape index (κ2) is 9.24. The van der Waals surface area contributed by atoms with Gasteiger partial charge in [0.15, 0.2) is 0 Å². The van der Waals surface area contributed by atoms with Crippen molar-refractivity contribution < 1.29 is 14.3 Å². The van der Waals surface area contributed by atoms with Crippen molar-refractivity contribution in [3.8, 4) is 0 Å². The summed E-state index contributed by atoms with van der Waals surface area (Å²) in [5.41, 5.74) is -0.523. The standard InChI is InChI=1S/C17H20N2O5S/c1-3-14(20)24-10-9-23-11-19-16(12(2)15(21)18-17(19)22)25-13-7-5-4-6-8-13/h4-8H,3,9-11H2,1-2H3,(H,18,21,22). The van der Waals surface area contributed by atoms with Gasteiger partial charge in [0.2, 0.25) is 0 Å². The molecule has 1 aromatic heterocycles. The van der Waals surface area contributed by atoms with Crippen molar-refractivity contribution in [2.75, 3.05) is 13.2 Å². The summed E-state index contributed by atoms with van der Waals surface area (Å²) < 4.78 is 11.7. The second-order valence-electron chi connectivity index (χ2n) is 5.14. The number of carbonyl (C=O) groups excluding carboxylic acids is 1. The van der Waals surface area contributed by atoms with Gasteiger partial charge in [-0.05, 0) is 19.1 Å². The van der Waals surface area contributed by atoms with Crippen LogP contribution in [0.15, 0.2) is 49.8 Å². The minimum Gasteiger partial charge on any atom is -0.463 e. The van der Waals surface area contributed by atoms with Crippen LogP contribution in [0.3, 0.4) is 0 Å². The molecule has 1 N–H and O–H groups in total. The van der Waals surface area contributed by atoms with Crippen molar-refractivity contribution in [1.82, 2.24) is 9.55 Å². The lowest BCUT2D eigenvalue weighted by molar-refractivity contribution is -0.145. The minimum absolute atomic E-state index is 0.0463. The van der Waals surface area contributed by atoms with Gasteiger partial charge in [0, 0.05) is 16.9 Å². The zero-order valence-corrected chi connectivity index (χ0v) is 14.9. The number of nitrogens with zero attached hydrogens (tertiary/aromatic N) is 1. The third kappa shape index (κ3) is 5.33. The first kappa shape index (κ1) is 19.0. The van der Waals surface area contributed by atoms with Crippen LogP contribution >= 0.6 is 11.8 Å². The fraction of sp³-hybridized carbons (Fsp3) is 0.353. The van der Waals surface area contributed by atoms with E-state index >= 15 is 0 Å². The summed E-state index contributed by atoms with van der Waals surface area (Å²) >= 11 is 1.32. The average Bonchev–Trinajstić information content (AvgIpc) is 2.62. The summed E-state index contributed by atoms with van der Waals surface area (Å²) in [6.07, 6.45) is 0.302. The summed E-state index contributed by atoms with van der Waals surface area (Å²) in [5, 5.41) is 0.519. The van der Waals surface area contributed by atoms with Crippen LogP contribution in [-0.4, -0.2) is 28.7 Å². The quantitative estimate of drug-likeness (QED) is 0.437. The van der Waals surface area contributed by atoms with E-state index in [2.05, 4.69) is 4.98 Å². The normalized spacial score (nSPS) is 10.6. The van der Waals surface area contributed by atoms with Crippen LogP contribution in [0.2, 0.25) is 0 Å². The lowest BCUT2D eigenvalue weighted by atomic mass is 10.4. The molecule has 25 heavy (non-hydrogen) atoms. The molecular weight excluding hydrogens is 344 g/mol. The Kier molecular flexibility index (Phi) is 7.03. The predicted octanol–water partition coefficient (Wildman–Crippen LogP) is 1.92. The molecular formula is C17H20N2O5S. The molecule has 2 rings (SSSR count). The first-order chi connectivity index (χ1) is 12.0. The van der Waals surface area contributed by atoms with Crippen LogP contribution in [0.4, 0.5) is 0 Å². The van der Waals surface area contributed by atoms with E-state index in [1.54, 1.807) is 13.8 Å². The second-order valence-corrected chi connectivity index (χ2v) is 6.21. The Morgan fingerprint density at radius 1 is 1.20 bits per heavy atom.